The van der Waals surface area contributed by atoms with Crippen molar-refractivity contribution in [1.29, 1.82) is 0 Å². The van der Waals surface area contributed by atoms with Crippen LogP contribution in [0.15, 0.2) is 47.8 Å². The van der Waals surface area contributed by atoms with Gasteiger partial charge in [-0.25, -0.2) is 9.78 Å². The van der Waals surface area contributed by atoms with E-state index in [1.165, 1.54) is 18.3 Å². The number of ether oxygens (including phenoxy) is 1. The third-order valence-electron chi connectivity index (χ3n) is 4.18. The zero-order valence-electron chi connectivity index (χ0n) is 15.8. The van der Waals surface area contributed by atoms with Gasteiger partial charge in [-0.3, -0.25) is 9.69 Å². The minimum Gasteiger partial charge on any atom is -0.455 e. The van der Waals surface area contributed by atoms with Crippen molar-refractivity contribution in [3.63, 3.8) is 0 Å². The summed E-state index contributed by atoms with van der Waals surface area (Å²) in [5.41, 5.74) is 2.48. The average molecular weight is 449 g/mol. The van der Waals surface area contributed by atoms with Gasteiger partial charge in [0.25, 0.3) is 0 Å². The van der Waals surface area contributed by atoms with Crippen molar-refractivity contribution < 1.29 is 14.3 Å². The van der Waals surface area contributed by atoms with Gasteiger partial charge in [-0.05, 0) is 30.2 Å². The third kappa shape index (κ3) is 4.78. The maximum Gasteiger partial charge on any atom is 0.341 e. The van der Waals surface area contributed by atoms with E-state index in [0.29, 0.717) is 10.8 Å². The van der Waals surface area contributed by atoms with Crippen molar-refractivity contribution in [1.82, 2.24) is 4.98 Å². The molecule has 0 atom stereocenters. The minimum atomic E-state index is -0.630. The fourth-order valence-corrected chi connectivity index (χ4v) is 4.22. The Balaban J connectivity index is 1.79. The van der Waals surface area contributed by atoms with Crippen LogP contribution in [0, 0.1) is 0 Å². The first-order chi connectivity index (χ1) is 13.9. The van der Waals surface area contributed by atoms with Crippen LogP contribution in [0.25, 0.3) is 0 Å². The number of thiazole rings is 1. The Bertz CT molecular complexity index is 1030. The van der Waals surface area contributed by atoms with Gasteiger partial charge in [0.15, 0.2) is 5.13 Å². The molecule has 0 saturated heterocycles. The fourth-order valence-electron chi connectivity index (χ4n) is 2.81. The van der Waals surface area contributed by atoms with Gasteiger partial charge in [-0.1, -0.05) is 54.4 Å². The van der Waals surface area contributed by atoms with Gasteiger partial charge in [-0.2, -0.15) is 0 Å². The summed E-state index contributed by atoms with van der Waals surface area (Å²) in [4.78, 5) is 30.7. The molecule has 0 saturated carbocycles. The van der Waals surface area contributed by atoms with Crippen LogP contribution in [0.4, 0.5) is 10.8 Å². The van der Waals surface area contributed by atoms with E-state index in [1.54, 1.807) is 28.5 Å². The first kappa shape index (κ1) is 21.3. The fraction of sp³-hybridized carbons (Fsp3) is 0.190. The molecule has 2 aromatic carbocycles. The summed E-state index contributed by atoms with van der Waals surface area (Å²) in [7, 11) is 0. The van der Waals surface area contributed by atoms with Gasteiger partial charge < -0.3 is 4.74 Å². The molecule has 8 heteroatoms. The van der Waals surface area contributed by atoms with E-state index >= 15 is 0 Å². The van der Waals surface area contributed by atoms with Crippen molar-refractivity contribution in [2.75, 3.05) is 4.90 Å². The lowest BCUT2D eigenvalue weighted by Gasteiger charge is -2.20. The SMILES string of the molecule is CCc1ccccc1N(C(C)=O)c1nc(COC(=O)c2c(Cl)cccc2Cl)cs1. The molecule has 0 radical (unpaired) electrons. The molecule has 0 unspecified atom stereocenters. The molecule has 1 amide bonds. The quantitative estimate of drug-likeness (QED) is 0.430. The molecule has 0 N–H and O–H groups in total. The largest absolute Gasteiger partial charge is 0.455 e. The highest BCUT2D eigenvalue weighted by atomic mass is 35.5. The second-order valence-electron chi connectivity index (χ2n) is 6.13. The molecule has 0 bridgehead atoms. The zero-order valence-corrected chi connectivity index (χ0v) is 18.1. The number of carbonyl (C=O) groups excluding carboxylic acids is 2. The Morgan fingerprint density at radius 2 is 1.79 bits per heavy atom. The molecular weight excluding hydrogens is 431 g/mol. The summed E-state index contributed by atoms with van der Waals surface area (Å²) in [6.07, 6.45) is 0.786. The Hall–Kier alpha value is -2.41. The van der Waals surface area contributed by atoms with E-state index in [2.05, 4.69) is 4.98 Å². The molecule has 0 aliphatic rings. The van der Waals surface area contributed by atoms with Gasteiger partial charge in [0.05, 0.1) is 27.0 Å². The number of aromatic nitrogens is 1. The molecule has 3 aromatic rings. The normalized spacial score (nSPS) is 10.6. The van der Waals surface area contributed by atoms with Crippen LogP contribution < -0.4 is 4.90 Å². The molecule has 1 aromatic heterocycles. The maximum absolute atomic E-state index is 12.3. The van der Waals surface area contributed by atoms with Crippen molar-refractivity contribution in [2.24, 2.45) is 0 Å². The smallest absolute Gasteiger partial charge is 0.341 e. The first-order valence-corrected chi connectivity index (χ1v) is 10.5. The number of hydrogen-bond acceptors (Lipinski definition) is 5. The highest BCUT2D eigenvalue weighted by Crippen LogP contribution is 2.32. The summed E-state index contributed by atoms with van der Waals surface area (Å²) in [6.45, 7) is 3.47. The number of amides is 1. The van der Waals surface area contributed by atoms with Crippen molar-refractivity contribution in [2.45, 2.75) is 26.9 Å². The van der Waals surface area contributed by atoms with Crippen LogP contribution in [-0.2, 0) is 22.6 Å². The van der Waals surface area contributed by atoms with E-state index < -0.39 is 5.97 Å². The number of para-hydroxylation sites is 1. The number of benzene rings is 2. The van der Waals surface area contributed by atoms with Gasteiger partial charge in [-0.15, -0.1) is 11.3 Å². The average Bonchev–Trinajstić information content (AvgIpc) is 3.15. The van der Waals surface area contributed by atoms with Crippen LogP contribution in [0.3, 0.4) is 0 Å². The molecule has 0 spiro atoms. The molecule has 0 aliphatic carbocycles. The number of nitrogens with zero attached hydrogens (tertiary/aromatic N) is 2. The third-order valence-corrected chi connectivity index (χ3v) is 5.68. The number of halogens is 2. The molecule has 3 rings (SSSR count). The molecule has 0 aliphatic heterocycles. The first-order valence-electron chi connectivity index (χ1n) is 8.86. The van der Waals surface area contributed by atoms with E-state index in [-0.39, 0.29) is 28.1 Å². The van der Waals surface area contributed by atoms with Crippen LogP contribution in [0.1, 0.15) is 35.5 Å². The monoisotopic (exact) mass is 448 g/mol. The van der Waals surface area contributed by atoms with Gasteiger partial charge in [0, 0.05) is 12.3 Å². The van der Waals surface area contributed by atoms with Crippen molar-refractivity contribution in [3.8, 4) is 0 Å². The van der Waals surface area contributed by atoms with E-state index in [0.717, 1.165) is 17.7 Å². The number of carbonyl (C=O) groups is 2. The predicted molar refractivity (Wildman–Crippen MR) is 116 cm³/mol. The van der Waals surface area contributed by atoms with Gasteiger partial charge >= 0.3 is 5.97 Å². The Morgan fingerprint density at radius 1 is 1.10 bits per heavy atom. The summed E-state index contributed by atoms with van der Waals surface area (Å²) < 4.78 is 5.31. The Labute approximate surface area is 182 Å². The summed E-state index contributed by atoms with van der Waals surface area (Å²) in [5, 5.41) is 2.71. The van der Waals surface area contributed by atoms with Crippen LogP contribution in [-0.4, -0.2) is 16.9 Å². The van der Waals surface area contributed by atoms with Crippen LogP contribution in [0.2, 0.25) is 10.0 Å². The second-order valence-corrected chi connectivity index (χ2v) is 7.78. The summed E-state index contributed by atoms with van der Waals surface area (Å²) in [5.74, 6) is -0.776. The highest BCUT2D eigenvalue weighted by Gasteiger charge is 2.21. The summed E-state index contributed by atoms with van der Waals surface area (Å²) in [6, 6.07) is 12.5. The van der Waals surface area contributed by atoms with Gasteiger partial charge in [0.2, 0.25) is 5.91 Å². The van der Waals surface area contributed by atoms with Crippen molar-refractivity contribution >= 4 is 57.2 Å². The van der Waals surface area contributed by atoms with E-state index in [1.807, 2.05) is 31.2 Å². The topological polar surface area (TPSA) is 59.5 Å². The summed E-state index contributed by atoms with van der Waals surface area (Å²) >= 11 is 13.4. The Kier molecular flexibility index (Phi) is 6.90. The molecule has 5 nitrogen and oxygen atoms in total. The molecular formula is C21H18Cl2N2O3S. The predicted octanol–water partition coefficient (Wildman–Crippen LogP) is 6.05. The lowest BCUT2D eigenvalue weighted by Crippen LogP contribution is -2.23. The Morgan fingerprint density at radius 3 is 2.45 bits per heavy atom. The second kappa shape index (κ2) is 9.39. The zero-order chi connectivity index (χ0) is 21.0. The highest BCUT2D eigenvalue weighted by molar-refractivity contribution is 7.14. The lowest BCUT2D eigenvalue weighted by molar-refractivity contribution is -0.115. The van der Waals surface area contributed by atoms with Crippen molar-refractivity contribution in [3.05, 3.63) is 74.7 Å². The lowest BCUT2D eigenvalue weighted by atomic mass is 10.1. The number of hydrogen-bond donors (Lipinski definition) is 0. The number of anilines is 2. The molecule has 29 heavy (non-hydrogen) atoms. The molecule has 0 fully saturated rings. The maximum atomic E-state index is 12.3. The van der Waals surface area contributed by atoms with E-state index in [9.17, 15) is 9.59 Å². The molecule has 1 heterocycles. The van der Waals surface area contributed by atoms with Crippen LogP contribution in [0.5, 0.6) is 0 Å². The number of esters is 1. The van der Waals surface area contributed by atoms with Crippen LogP contribution >= 0.6 is 34.5 Å². The minimum absolute atomic E-state index is 0.0575. The number of rotatable bonds is 6. The standard InChI is InChI=1S/C21H18Cl2N2O3S/c1-3-14-7-4-5-10-18(14)25(13(2)26)21-24-15(12-29-21)11-28-20(27)19-16(22)8-6-9-17(19)23/h4-10,12H,3,11H2,1-2H3. The van der Waals surface area contributed by atoms with E-state index in [4.69, 9.17) is 27.9 Å². The molecule has 150 valence electrons. The number of aryl methyl sites for hydroxylation is 1. The van der Waals surface area contributed by atoms with Gasteiger partial charge in [0.1, 0.15) is 6.61 Å².